The van der Waals surface area contributed by atoms with Crippen LogP contribution in [0.25, 0.3) is 11.0 Å². The van der Waals surface area contributed by atoms with Crippen molar-refractivity contribution in [3.8, 4) is 5.75 Å². The first-order valence-corrected chi connectivity index (χ1v) is 8.02. The molecular weight excluding hydrogens is 378 g/mol. The molecule has 0 amide bonds. The van der Waals surface area contributed by atoms with E-state index in [-0.39, 0.29) is 28.5 Å². The summed E-state index contributed by atoms with van der Waals surface area (Å²) >= 11 is 5.73. The average Bonchev–Trinajstić information content (AvgIpc) is 2.62. The van der Waals surface area contributed by atoms with Gasteiger partial charge < -0.3 is 14.3 Å². The Kier molecular flexibility index (Phi) is 4.83. The number of nitro groups is 1. The molecule has 3 rings (SSSR count). The molecular formula is C18H12ClNO7. The van der Waals surface area contributed by atoms with E-state index in [0.717, 1.165) is 12.1 Å². The van der Waals surface area contributed by atoms with Crippen LogP contribution in [0.4, 0.5) is 5.69 Å². The van der Waals surface area contributed by atoms with Crippen molar-refractivity contribution in [2.45, 2.75) is 13.5 Å². The largest absolute Gasteiger partial charge is 0.508 e. The molecule has 27 heavy (non-hydrogen) atoms. The summed E-state index contributed by atoms with van der Waals surface area (Å²) in [7, 11) is 0. The van der Waals surface area contributed by atoms with Gasteiger partial charge in [0, 0.05) is 33.7 Å². The third-order valence-electron chi connectivity index (χ3n) is 3.95. The van der Waals surface area contributed by atoms with Gasteiger partial charge in [-0.3, -0.25) is 10.1 Å². The molecule has 0 bridgehead atoms. The number of ether oxygens (including phenoxy) is 1. The second-order valence-corrected chi connectivity index (χ2v) is 6.11. The number of nitro benzene ring substituents is 1. The monoisotopic (exact) mass is 389 g/mol. The summed E-state index contributed by atoms with van der Waals surface area (Å²) < 4.78 is 10.3. The van der Waals surface area contributed by atoms with E-state index >= 15 is 0 Å². The fourth-order valence-electron chi connectivity index (χ4n) is 2.58. The third kappa shape index (κ3) is 3.61. The molecule has 2 aromatic carbocycles. The van der Waals surface area contributed by atoms with Crippen LogP contribution in [0.2, 0.25) is 5.02 Å². The van der Waals surface area contributed by atoms with Crippen molar-refractivity contribution in [2.75, 3.05) is 0 Å². The minimum atomic E-state index is -0.935. The number of hydrogen-bond acceptors (Lipinski definition) is 7. The molecule has 1 heterocycles. The quantitative estimate of drug-likeness (QED) is 0.312. The summed E-state index contributed by atoms with van der Waals surface area (Å²) in [6, 6.07) is 7.69. The fraction of sp³-hybridized carbons (Fsp3) is 0.111. The van der Waals surface area contributed by atoms with E-state index in [2.05, 4.69) is 0 Å². The van der Waals surface area contributed by atoms with Crippen molar-refractivity contribution in [2.24, 2.45) is 0 Å². The number of fused-ring (bicyclic) bond motifs is 1. The molecule has 8 nitrogen and oxygen atoms in total. The third-order valence-corrected chi connectivity index (χ3v) is 4.19. The van der Waals surface area contributed by atoms with E-state index in [0.29, 0.717) is 16.5 Å². The Morgan fingerprint density at radius 3 is 2.74 bits per heavy atom. The van der Waals surface area contributed by atoms with E-state index in [1.54, 1.807) is 6.92 Å². The molecule has 1 N–H and O–H groups in total. The SMILES string of the molecule is Cc1c(O)ccc2c(COC(=O)c3ccc(Cl)cc3[N+](=O)[O-])cc(=O)oc12. The number of carbonyl (C=O) groups excluding carboxylic acids is 1. The minimum Gasteiger partial charge on any atom is -0.508 e. The highest BCUT2D eigenvalue weighted by molar-refractivity contribution is 6.31. The maximum atomic E-state index is 12.3. The first-order valence-electron chi connectivity index (χ1n) is 7.64. The van der Waals surface area contributed by atoms with E-state index in [1.807, 2.05) is 0 Å². The summed E-state index contributed by atoms with van der Waals surface area (Å²) in [4.78, 5) is 34.4. The first-order chi connectivity index (χ1) is 12.8. The number of phenols is 1. The molecule has 0 saturated heterocycles. The molecule has 0 saturated carbocycles. The van der Waals surface area contributed by atoms with Crippen LogP contribution >= 0.6 is 11.6 Å². The maximum Gasteiger partial charge on any atom is 0.345 e. The summed E-state index contributed by atoms with van der Waals surface area (Å²) in [5.74, 6) is -0.980. The van der Waals surface area contributed by atoms with Gasteiger partial charge in [-0.15, -0.1) is 0 Å². The Bertz CT molecular complexity index is 1140. The van der Waals surface area contributed by atoms with Gasteiger partial charge in [0.25, 0.3) is 5.69 Å². The van der Waals surface area contributed by atoms with E-state index in [9.17, 15) is 24.8 Å². The lowest BCUT2D eigenvalue weighted by Gasteiger charge is -2.09. The topological polar surface area (TPSA) is 120 Å². The molecule has 1 aromatic heterocycles. The Morgan fingerprint density at radius 1 is 1.30 bits per heavy atom. The molecule has 0 aliphatic rings. The molecule has 0 spiro atoms. The molecule has 0 atom stereocenters. The minimum absolute atomic E-state index is 0.0448. The number of esters is 1. The van der Waals surface area contributed by atoms with Gasteiger partial charge in [0.15, 0.2) is 0 Å². The van der Waals surface area contributed by atoms with Crippen molar-refractivity contribution < 1.29 is 24.0 Å². The number of carbonyl (C=O) groups is 1. The summed E-state index contributed by atoms with van der Waals surface area (Å²) in [5, 5.41) is 21.4. The number of halogens is 1. The zero-order valence-electron chi connectivity index (χ0n) is 13.9. The van der Waals surface area contributed by atoms with Gasteiger partial charge in [-0.2, -0.15) is 0 Å². The highest BCUT2D eigenvalue weighted by Gasteiger charge is 2.22. The van der Waals surface area contributed by atoms with Crippen LogP contribution < -0.4 is 5.63 Å². The number of benzene rings is 2. The lowest BCUT2D eigenvalue weighted by molar-refractivity contribution is -0.385. The standard InChI is InChI=1S/C18H12ClNO7/c1-9-15(21)5-4-12-10(6-16(22)27-17(9)12)8-26-18(23)13-3-2-11(19)7-14(13)20(24)25/h2-7,21H,8H2,1H3. The van der Waals surface area contributed by atoms with E-state index in [1.165, 1.54) is 24.3 Å². The average molecular weight is 390 g/mol. The number of phenolic OH excluding ortho intramolecular Hbond substituents is 1. The molecule has 0 radical (unpaired) electrons. The predicted octanol–water partition coefficient (Wildman–Crippen LogP) is 3.73. The number of aryl methyl sites for hydroxylation is 1. The molecule has 0 unspecified atom stereocenters. The highest BCUT2D eigenvalue weighted by atomic mass is 35.5. The van der Waals surface area contributed by atoms with E-state index < -0.39 is 22.2 Å². The van der Waals surface area contributed by atoms with Crippen LogP contribution in [-0.2, 0) is 11.3 Å². The number of rotatable bonds is 4. The van der Waals surface area contributed by atoms with Crippen LogP contribution in [0.3, 0.4) is 0 Å². The summed E-state index contributed by atoms with van der Waals surface area (Å²) in [5.41, 5.74) is -0.539. The summed E-state index contributed by atoms with van der Waals surface area (Å²) in [6.07, 6.45) is 0. The lowest BCUT2D eigenvalue weighted by Crippen LogP contribution is -2.10. The highest BCUT2D eigenvalue weighted by Crippen LogP contribution is 2.28. The Labute approximate surface area is 156 Å². The van der Waals surface area contributed by atoms with Gasteiger partial charge in [0.05, 0.1) is 4.92 Å². The molecule has 138 valence electrons. The zero-order valence-corrected chi connectivity index (χ0v) is 14.6. The van der Waals surface area contributed by atoms with Gasteiger partial charge in [0.1, 0.15) is 23.5 Å². The first kappa shape index (κ1) is 18.4. The van der Waals surface area contributed by atoms with Crippen LogP contribution in [0.1, 0.15) is 21.5 Å². The van der Waals surface area contributed by atoms with Gasteiger partial charge in [0.2, 0.25) is 0 Å². The van der Waals surface area contributed by atoms with Crippen molar-refractivity contribution in [1.82, 2.24) is 0 Å². The normalized spacial score (nSPS) is 10.7. The second kappa shape index (κ2) is 7.08. The molecule has 0 aliphatic carbocycles. The fourth-order valence-corrected chi connectivity index (χ4v) is 2.75. The van der Waals surface area contributed by atoms with Gasteiger partial charge in [-0.05, 0) is 31.2 Å². The van der Waals surface area contributed by atoms with Crippen LogP contribution in [-0.4, -0.2) is 16.0 Å². The number of aromatic hydroxyl groups is 1. The molecule has 3 aromatic rings. The smallest absolute Gasteiger partial charge is 0.345 e. The summed E-state index contributed by atoms with van der Waals surface area (Å²) in [6.45, 7) is 1.26. The molecule has 0 aliphatic heterocycles. The Hall–Kier alpha value is -3.39. The van der Waals surface area contributed by atoms with E-state index in [4.69, 9.17) is 20.8 Å². The predicted molar refractivity (Wildman–Crippen MR) is 96.1 cm³/mol. The maximum absolute atomic E-state index is 12.3. The van der Waals surface area contributed by atoms with Crippen LogP contribution in [0.15, 0.2) is 45.6 Å². The Morgan fingerprint density at radius 2 is 2.04 bits per heavy atom. The van der Waals surface area contributed by atoms with Crippen molar-refractivity contribution in [3.63, 3.8) is 0 Å². The molecule has 9 heteroatoms. The van der Waals surface area contributed by atoms with Crippen LogP contribution in [0, 0.1) is 17.0 Å². The van der Waals surface area contributed by atoms with Crippen molar-refractivity contribution >= 4 is 34.2 Å². The number of nitrogens with zero attached hydrogens (tertiary/aromatic N) is 1. The van der Waals surface area contributed by atoms with Crippen molar-refractivity contribution in [3.05, 3.63) is 78.6 Å². The number of hydrogen-bond donors (Lipinski definition) is 1. The van der Waals surface area contributed by atoms with Crippen molar-refractivity contribution in [1.29, 1.82) is 0 Å². The molecule has 0 fully saturated rings. The second-order valence-electron chi connectivity index (χ2n) is 5.67. The van der Waals surface area contributed by atoms with Gasteiger partial charge >= 0.3 is 11.6 Å². The van der Waals surface area contributed by atoms with Gasteiger partial charge in [-0.1, -0.05) is 11.6 Å². The lowest BCUT2D eigenvalue weighted by atomic mass is 10.1. The van der Waals surface area contributed by atoms with Crippen LogP contribution in [0.5, 0.6) is 5.75 Å². The Balaban J connectivity index is 1.94. The zero-order chi connectivity index (χ0) is 19.7. The van der Waals surface area contributed by atoms with Gasteiger partial charge in [-0.25, -0.2) is 9.59 Å².